The van der Waals surface area contributed by atoms with Crippen LogP contribution in [0.15, 0.2) is 71.8 Å². The van der Waals surface area contributed by atoms with Crippen molar-refractivity contribution in [1.29, 1.82) is 0 Å². The van der Waals surface area contributed by atoms with Crippen LogP contribution >= 0.6 is 0 Å². The number of amides is 1. The Morgan fingerprint density at radius 2 is 1.61 bits per heavy atom. The van der Waals surface area contributed by atoms with Gasteiger partial charge in [-0.1, -0.05) is 36.4 Å². The fourth-order valence-electron chi connectivity index (χ4n) is 3.12. The fourth-order valence-corrected chi connectivity index (χ4v) is 3.12. The number of hydrogen-bond donors (Lipinski definition) is 1. The molecule has 0 saturated heterocycles. The van der Waals surface area contributed by atoms with Crippen LogP contribution in [0.25, 0.3) is 0 Å². The lowest BCUT2D eigenvalue weighted by Crippen LogP contribution is -2.19. The van der Waals surface area contributed by atoms with Crippen LogP contribution in [0.1, 0.15) is 23.6 Å². The van der Waals surface area contributed by atoms with Crippen LogP contribution in [0.2, 0.25) is 0 Å². The van der Waals surface area contributed by atoms with Crippen molar-refractivity contribution in [3.8, 4) is 23.0 Å². The number of nitrogens with one attached hydrogen (secondary N) is 1. The van der Waals surface area contributed by atoms with E-state index < -0.39 is 0 Å². The molecule has 0 aliphatic rings. The second kappa shape index (κ2) is 12.1. The lowest BCUT2D eigenvalue weighted by molar-refractivity contribution is -0.120. The lowest BCUT2D eigenvalue weighted by atomic mass is 10.1. The van der Waals surface area contributed by atoms with Gasteiger partial charge in [-0.2, -0.15) is 5.10 Å². The number of hydrazone groups is 1. The van der Waals surface area contributed by atoms with Crippen molar-refractivity contribution in [1.82, 2.24) is 5.43 Å². The molecule has 1 N–H and O–H groups in total. The van der Waals surface area contributed by atoms with Crippen LogP contribution in [-0.2, 0) is 17.8 Å². The maximum Gasteiger partial charge on any atom is 0.244 e. The summed E-state index contributed by atoms with van der Waals surface area (Å²) in [5.74, 6) is 2.21. The molecule has 3 aromatic carbocycles. The number of benzene rings is 3. The molecule has 0 unspecified atom stereocenters. The second-order valence-corrected chi connectivity index (χ2v) is 7.07. The first-order valence-corrected chi connectivity index (χ1v) is 10.6. The minimum absolute atomic E-state index is 0.161. The van der Waals surface area contributed by atoms with E-state index in [2.05, 4.69) is 10.5 Å². The molecule has 0 bridgehead atoms. The summed E-state index contributed by atoms with van der Waals surface area (Å²) >= 11 is 0. The third-order valence-corrected chi connectivity index (χ3v) is 4.72. The molecule has 3 aromatic rings. The van der Waals surface area contributed by atoms with Gasteiger partial charge in [-0.25, -0.2) is 5.43 Å². The molecule has 0 saturated carbocycles. The fraction of sp³-hybridized carbons (Fsp3) is 0.231. The number of carbonyl (C=O) groups is 1. The molecule has 0 aromatic heterocycles. The Kier molecular flexibility index (Phi) is 8.71. The lowest BCUT2D eigenvalue weighted by Gasteiger charge is -2.12. The zero-order valence-corrected chi connectivity index (χ0v) is 19.0. The molecule has 3 rings (SSSR count). The molecular formula is C26H28N2O5. The quantitative estimate of drug-likeness (QED) is 0.348. The van der Waals surface area contributed by atoms with Crippen LogP contribution in [0.3, 0.4) is 0 Å². The number of carbonyl (C=O) groups excluding carboxylic acids is 1. The Hall–Kier alpha value is -4.00. The van der Waals surface area contributed by atoms with Crippen molar-refractivity contribution in [3.63, 3.8) is 0 Å². The third-order valence-electron chi connectivity index (χ3n) is 4.72. The highest BCUT2D eigenvalue weighted by Crippen LogP contribution is 2.29. The van der Waals surface area contributed by atoms with Crippen LogP contribution in [-0.4, -0.2) is 32.9 Å². The van der Waals surface area contributed by atoms with E-state index in [1.165, 1.54) is 0 Å². The van der Waals surface area contributed by atoms with E-state index in [9.17, 15) is 4.79 Å². The summed E-state index contributed by atoms with van der Waals surface area (Å²) in [6, 6.07) is 20.8. The zero-order valence-electron chi connectivity index (χ0n) is 19.0. The normalized spacial score (nSPS) is 10.6. The van der Waals surface area contributed by atoms with Gasteiger partial charge < -0.3 is 18.9 Å². The van der Waals surface area contributed by atoms with E-state index in [0.29, 0.717) is 36.2 Å². The van der Waals surface area contributed by atoms with Gasteiger partial charge in [0.1, 0.15) is 6.61 Å². The topological polar surface area (TPSA) is 78.4 Å². The van der Waals surface area contributed by atoms with E-state index in [1.807, 2.05) is 61.5 Å². The number of ether oxygens (including phenoxy) is 4. The Labute approximate surface area is 193 Å². The predicted octanol–water partition coefficient (Wildman–Crippen LogP) is 4.37. The highest BCUT2D eigenvalue weighted by molar-refractivity contribution is 5.84. The molecule has 0 aliphatic heterocycles. The third kappa shape index (κ3) is 7.00. The maximum absolute atomic E-state index is 12.3. The van der Waals surface area contributed by atoms with Gasteiger partial charge in [-0.05, 0) is 53.9 Å². The molecule has 0 aliphatic carbocycles. The average Bonchev–Trinajstić information content (AvgIpc) is 2.84. The summed E-state index contributed by atoms with van der Waals surface area (Å²) in [5.41, 5.74) is 5.18. The molecule has 0 atom stereocenters. The predicted molar refractivity (Wildman–Crippen MR) is 127 cm³/mol. The SMILES string of the molecule is CCOc1cc(C=NNC(=O)Cc2ccc(OC)c(OC)c2)ccc1OCc1ccccc1. The number of hydrogen-bond acceptors (Lipinski definition) is 6. The van der Waals surface area contributed by atoms with Gasteiger partial charge in [0.2, 0.25) is 5.91 Å². The van der Waals surface area contributed by atoms with Crippen molar-refractivity contribution in [2.75, 3.05) is 20.8 Å². The first-order chi connectivity index (χ1) is 16.1. The summed E-state index contributed by atoms with van der Waals surface area (Å²) in [5, 5.41) is 4.06. The summed E-state index contributed by atoms with van der Waals surface area (Å²) < 4.78 is 22.1. The first-order valence-electron chi connectivity index (χ1n) is 10.6. The minimum atomic E-state index is -0.244. The van der Waals surface area contributed by atoms with Crippen LogP contribution in [0.4, 0.5) is 0 Å². The van der Waals surface area contributed by atoms with Gasteiger partial charge in [0.25, 0.3) is 0 Å². The highest BCUT2D eigenvalue weighted by atomic mass is 16.5. The van der Waals surface area contributed by atoms with Crippen LogP contribution in [0.5, 0.6) is 23.0 Å². The number of nitrogens with zero attached hydrogens (tertiary/aromatic N) is 1. The molecule has 7 heteroatoms. The molecule has 172 valence electrons. The van der Waals surface area contributed by atoms with Gasteiger partial charge >= 0.3 is 0 Å². The first kappa shape index (κ1) is 23.7. The summed E-state index contributed by atoms with van der Waals surface area (Å²) in [6.45, 7) is 2.86. The minimum Gasteiger partial charge on any atom is -0.493 e. The van der Waals surface area contributed by atoms with Gasteiger partial charge in [0, 0.05) is 0 Å². The van der Waals surface area contributed by atoms with Crippen LogP contribution < -0.4 is 24.4 Å². The standard InChI is InChI=1S/C26H28N2O5/c1-4-32-25-15-21(11-13-23(25)33-18-19-8-6-5-7-9-19)17-27-28-26(29)16-20-10-12-22(30-2)24(14-20)31-3/h5-15,17H,4,16,18H2,1-3H3,(H,28,29). The van der Waals surface area contributed by atoms with Gasteiger partial charge in [0.15, 0.2) is 23.0 Å². The number of rotatable bonds is 11. The monoisotopic (exact) mass is 448 g/mol. The van der Waals surface area contributed by atoms with Crippen molar-refractivity contribution >= 4 is 12.1 Å². The van der Waals surface area contributed by atoms with Gasteiger partial charge in [-0.15, -0.1) is 0 Å². The van der Waals surface area contributed by atoms with Crippen molar-refractivity contribution in [2.45, 2.75) is 20.0 Å². The molecule has 0 fully saturated rings. The zero-order chi connectivity index (χ0) is 23.5. The van der Waals surface area contributed by atoms with E-state index >= 15 is 0 Å². The molecule has 1 amide bonds. The molecule has 33 heavy (non-hydrogen) atoms. The molecule has 0 radical (unpaired) electrons. The molecule has 0 spiro atoms. The summed E-state index contributed by atoms with van der Waals surface area (Å²) in [4.78, 5) is 12.3. The summed E-state index contributed by atoms with van der Waals surface area (Å²) in [7, 11) is 3.12. The second-order valence-electron chi connectivity index (χ2n) is 7.07. The smallest absolute Gasteiger partial charge is 0.244 e. The average molecular weight is 449 g/mol. The Morgan fingerprint density at radius 3 is 2.33 bits per heavy atom. The van der Waals surface area contributed by atoms with Gasteiger partial charge in [-0.3, -0.25) is 4.79 Å². The van der Waals surface area contributed by atoms with E-state index in [0.717, 1.165) is 16.7 Å². The highest BCUT2D eigenvalue weighted by Gasteiger charge is 2.09. The van der Waals surface area contributed by atoms with E-state index in [1.54, 1.807) is 32.6 Å². The Balaban J connectivity index is 1.59. The van der Waals surface area contributed by atoms with E-state index in [-0.39, 0.29) is 12.3 Å². The maximum atomic E-state index is 12.3. The van der Waals surface area contributed by atoms with Crippen LogP contribution in [0, 0.1) is 0 Å². The number of methoxy groups -OCH3 is 2. The van der Waals surface area contributed by atoms with Crippen molar-refractivity contribution < 1.29 is 23.7 Å². The van der Waals surface area contributed by atoms with Crippen molar-refractivity contribution in [2.24, 2.45) is 5.10 Å². The summed E-state index contributed by atoms with van der Waals surface area (Å²) in [6.07, 6.45) is 1.73. The van der Waals surface area contributed by atoms with Crippen molar-refractivity contribution in [3.05, 3.63) is 83.4 Å². The molecular weight excluding hydrogens is 420 g/mol. The van der Waals surface area contributed by atoms with E-state index in [4.69, 9.17) is 18.9 Å². The van der Waals surface area contributed by atoms with Gasteiger partial charge in [0.05, 0.1) is 33.5 Å². The Morgan fingerprint density at radius 1 is 0.848 bits per heavy atom. The Bertz CT molecular complexity index is 1080. The molecule has 0 heterocycles. The largest absolute Gasteiger partial charge is 0.493 e. The molecule has 7 nitrogen and oxygen atoms in total.